The number of carbonyl (C=O) groups is 3. The molecule has 0 unspecified atom stereocenters. The van der Waals surface area contributed by atoms with E-state index in [0.717, 1.165) is 6.42 Å². The molecule has 162 valence electrons. The molecule has 0 aromatic heterocycles. The molecule has 3 aromatic rings. The molecular formula is C27H26N2O3. The van der Waals surface area contributed by atoms with E-state index in [-0.39, 0.29) is 36.6 Å². The van der Waals surface area contributed by atoms with E-state index in [1.165, 1.54) is 16.0 Å². The lowest BCUT2D eigenvalue weighted by Crippen LogP contribution is -2.32. The molecule has 0 spiro atoms. The van der Waals surface area contributed by atoms with Gasteiger partial charge in [-0.25, -0.2) is 0 Å². The van der Waals surface area contributed by atoms with Crippen molar-refractivity contribution >= 4 is 17.7 Å². The lowest BCUT2D eigenvalue weighted by Gasteiger charge is -2.18. The number of nitrogens with one attached hydrogen (secondary N) is 1. The molecule has 0 aliphatic carbocycles. The summed E-state index contributed by atoms with van der Waals surface area (Å²) in [5.74, 6) is -0.420. The number of fused-ring (bicyclic) bond motifs is 1. The monoisotopic (exact) mass is 426 g/mol. The number of hydrogen-bond donors (Lipinski definition) is 1. The van der Waals surface area contributed by atoms with Crippen molar-refractivity contribution in [1.82, 2.24) is 10.2 Å². The summed E-state index contributed by atoms with van der Waals surface area (Å²) in [7, 11) is 0. The van der Waals surface area contributed by atoms with Gasteiger partial charge in [0.05, 0.1) is 11.1 Å². The third kappa shape index (κ3) is 4.78. The second-order valence-corrected chi connectivity index (χ2v) is 7.92. The van der Waals surface area contributed by atoms with E-state index in [2.05, 4.69) is 29.6 Å². The number of amides is 3. The lowest BCUT2D eigenvalue weighted by atomic mass is 9.88. The molecule has 0 fully saturated rings. The number of rotatable bonds is 9. The Bertz CT molecular complexity index is 1020. The van der Waals surface area contributed by atoms with E-state index in [9.17, 15) is 14.4 Å². The minimum Gasteiger partial charge on any atom is -0.356 e. The topological polar surface area (TPSA) is 66.5 Å². The molecule has 0 bridgehead atoms. The van der Waals surface area contributed by atoms with Crippen LogP contribution in [0.5, 0.6) is 0 Å². The van der Waals surface area contributed by atoms with Crippen LogP contribution in [0.15, 0.2) is 84.9 Å². The van der Waals surface area contributed by atoms with Gasteiger partial charge in [0.15, 0.2) is 0 Å². The average Bonchev–Trinajstić information content (AvgIpc) is 3.08. The van der Waals surface area contributed by atoms with Crippen LogP contribution in [0.4, 0.5) is 0 Å². The van der Waals surface area contributed by atoms with Crippen molar-refractivity contribution in [2.45, 2.75) is 25.2 Å². The first-order chi connectivity index (χ1) is 15.6. The average molecular weight is 427 g/mol. The number of nitrogens with zero attached hydrogens (tertiary/aromatic N) is 1. The molecule has 3 amide bonds. The Kier molecular flexibility index (Phi) is 6.75. The summed E-state index contributed by atoms with van der Waals surface area (Å²) in [4.78, 5) is 38.4. The van der Waals surface area contributed by atoms with Crippen LogP contribution in [0, 0.1) is 0 Å². The molecule has 1 heterocycles. The highest BCUT2D eigenvalue weighted by atomic mass is 16.2. The summed E-state index contributed by atoms with van der Waals surface area (Å²) in [6.07, 6.45) is 1.50. The number of hydrogen-bond acceptors (Lipinski definition) is 3. The summed E-state index contributed by atoms with van der Waals surface area (Å²) in [5.41, 5.74) is 3.32. The van der Waals surface area contributed by atoms with Crippen molar-refractivity contribution in [1.29, 1.82) is 0 Å². The first-order valence-electron chi connectivity index (χ1n) is 11.0. The van der Waals surface area contributed by atoms with Crippen molar-refractivity contribution in [3.63, 3.8) is 0 Å². The van der Waals surface area contributed by atoms with Crippen molar-refractivity contribution < 1.29 is 14.4 Å². The summed E-state index contributed by atoms with van der Waals surface area (Å²) in [6, 6.07) is 27.4. The van der Waals surface area contributed by atoms with Gasteiger partial charge in [-0.3, -0.25) is 19.3 Å². The highest BCUT2D eigenvalue weighted by molar-refractivity contribution is 6.21. The number of benzene rings is 3. The number of carbonyl (C=O) groups excluding carboxylic acids is 3. The molecular weight excluding hydrogens is 400 g/mol. The lowest BCUT2D eigenvalue weighted by molar-refractivity contribution is -0.121. The molecule has 3 aromatic carbocycles. The van der Waals surface area contributed by atoms with E-state index in [1.807, 2.05) is 36.4 Å². The maximum absolute atomic E-state index is 12.4. The Balaban J connectivity index is 1.26. The Labute approximate surface area is 188 Å². The summed E-state index contributed by atoms with van der Waals surface area (Å²) in [6.45, 7) is 0.802. The van der Waals surface area contributed by atoms with Gasteiger partial charge in [-0.2, -0.15) is 0 Å². The maximum Gasteiger partial charge on any atom is 0.261 e. The van der Waals surface area contributed by atoms with Gasteiger partial charge in [0, 0.05) is 25.4 Å². The second-order valence-electron chi connectivity index (χ2n) is 7.92. The van der Waals surface area contributed by atoms with Crippen LogP contribution in [-0.4, -0.2) is 35.7 Å². The third-order valence-electron chi connectivity index (χ3n) is 5.82. The summed E-state index contributed by atoms with van der Waals surface area (Å²) in [5, 5.41) is 2.99. The van der Waals surface area contributed by atoms with Crippen LogP contribution in [0.25, 0.3) is 0 Å². The smallest absolute Gasteiger partial charge is 0.261 e. The summed E-state index contributed by atoms with van der Waals surface area (Å²) < 4.78 is 0. The number of imide groups is 1. The molecule has 5 heteroatoms. The maximum atomic E-state index is 12.4. The fraction of sp³-hybridized carbons (Fsp3) is 0.222. The minimum atomic E-state index is -0.278. The van der Waals surface area contributed by atoms with Crippen molar-refractivity contribution in [2.24, 2.45) is 0 Å². The van der Waals surface area contributed by atoms with Gasteiger partial charge >= 0.3 is 0 Å². The van der Waals surface area contributed by atoms with Crippen molar-refractivity contribution in [3.8, 4) is 0 Å². The van der Waals surface area contributed by atoms with E-state index in [4.69, 9.17) is 0 Å². The molecule has 4 rings (SSSR count). The summed E-state index contributed by atoms with van der Waals surface area (Å²) >= 11 is 0. The van der Waals surface area contributed by atoms with E-state index >= 15 is 0 Å². The van der Waals surface area contributed by atoms with Crippen LogP contribution >= 0.6 is 0 Å². The van der Waals surface area contributed by atoms with Gasteiger partial charge < -0.3 is 5.32 Å². The van der Waals surface area contributed by atoms with E-state index in [0.29, 0.717) is 24.1 Å². The highest BCUT2D eigenvalue weighted by Crippen LogP contribution is 2.27. The standard InChI is InChI=1S/C27H26N2O3/c30-25(16-9-19-29-26(31)23-14-7-8-15-24(23)27(29)32)28-18-17-22(20-10-3-1-4-11-20)21-12-5-2-6-13-21/h1-8,10-15,22H,9,16-19H2,(H,28,30). The minimum absolute atomic E-state index is 0.0681. The molecule has 0 radical (unpaired) electrons. The van der Waals surface area contributed by atoms with Gasteiger partial charge in [-0.15, -0.1) is 0 Å². The zero-order valence-corrected chi connectivity index (χ0v) is 17.9. The Morgan fingerprint density at radius 3 is 1.78 bits per heavy atom. The predicted octanol–water partition coefficient (Wildman–Crippen LogP) is 4.40. The quantitative estimate of drug-likeness (QED) is 0.516. The van der Waals surface area contributed by atoms with Gasteiger partial charge in [-0.1, -0.05) is 72.8 Å². The fourth-order valence-electron chi connectivity index (χ4n) is 4.18. The molecule has 1 aliphatic rings. The van der Waals surface area contributed by atoms with Crippen LogP contribution in [-0.2, 0) is 4.79 Å². The zero-order valence-electron chi connectivity index (χ0n) is 17.9. The normalized spacial score (nSPS) is 12.8. The Hall–Kier alpha value is -3.73. The van der Waals surface area contributed by atoms with Gasteiger partial charge in [-0.05, 0) is 36.1 Å². The molecule has 32 heavy (non-hydrogen) atoms. The molecule has 5 nitrogen and oxygen atoms in total. The van der Waals surface area contributed by atoms with Gasteiger partial charge in [0.1, 0.15) is 0 Å². The Morgan fingerprint density at radius 1 is 0.750 bits per heavy atom. The van der Waals surface area contributed by atoms with Gasteiger partial charge in [0.25, 0.3) is 11.8 Å². The van der Waals surface area contributed by atoms with Crippen LogP contribution in [0.1, 0.15) is 57.0 Å². The Morgan fingerprint density at radius 2 is 1.25 bits per heavy atom. The van der Waals surface area contributed by atoms with E-state index < -0.39 is 0 Å². The SMILES string of the molecule is O=C(CCCN1C(=O)c2ccccc2C1=O)NCCC(c1ccccc1)c1ccccc1. The molecule has 1 aliphatic heterocycles. The molecule has 0 saturated heterocycles. The zero-order chi connectivity index (χ0) is 22.3. The molecule has 0 saturated carbocycles. The van der Waals surface area contributed by atoms with Crippen LogP contribution in [0.2, 0.25) is 0 Å². The van der Waals surface area contributed by atoms with Crippen molar-refractivity contribution in [3.05, 3.63) is 107 Å². The fourth-order valence-corrected chi connectivity index (χ4v) is 4.18. The first-order valence-corrected chi connectivity index (χ1v) is 11.0. The van der Waals surface area contributed by atoms with Crippen LogP contribution in [0.3, 0.4) is 0 Å². The predicted molar refractivity (Wildman–Crippen MR) is 123 cm³/mol. The van der Waals surface area contributed by atoms with Gasteiger partial charge in [0.2, 0.25) is 5.91 Å². The first kappa shape index (κ1) is 21.5. The molecule has 1 N–H and O–H groups in total. The second kappa shape index (κ2) is 10.1. The van der Waals surface area contributed by atoms with Crippen molar-refractivity contribution in [2.75, 3.05) is 13.1 Å². The third-order valence-corrected chi connectivity index (χ3v) is 5.82. The highest BCUT2D eigenvalue weighted by Gasteiger charge is 2.34. The largest absolute Gasteiger partial charge is 0.356 e. The van der Waals surface area contributed by atoms with Crippen LogP contribution < -0.4 is 5.32 Å². The van der Waals surface area contributed by atoms with E-state index in [1.54, 1.807) is 24.3 Å². The molecule has 0 atom stereocenters.